The molecule has 0 aliphatic heterocycles. The van der Waals surface area contributed by atoms with Crippen LogP contribution in [0, 0.1) is 11.3 Å². The zero-order valence-electron chi connectivity index (χ0n) is 11.2. The van der Waals surface area contributed by atoms with Crippen molar-refractivity contribution in [3.63, 3.8) is 0 Å². The van der Waals surface area contributed by atoms with Gasteiger partial charge in [0.25, 0.3) is 0 Å². The van der Waals surface area contributed by atoms with Gasteiger partial charge in [-0.15, -0.1) is 11.8 Å². The van der Waals surface area contributed by atoms with Gasteiger partial charge in [-0.25, -0.2) is 0 Å². The van der Waals surface area contributed by atoms with Gasteiger partial charge in [0, 0.05) is 25.3 Å². The molecule has 1 amide bonds. The number of thioether (sulfide) groups is 1. The first kappa shape index (κ1) is 15.3. The van der Waals surface area contributed by atoms with Crippen molar-refractivity contribution in [3.05, 3.63) is 0 Å². The molecule has 0 saturated heterocycles. The summed E-state index contributed by atoms with van der Waals surface area (Å²) < 4.78 is 0. The third-order valence-corrected chi connectivity index (χ3v) is 4.28. The summed E-state index contributed by atoms with van der Waals surface area (Å²) in [7, 11) is 1.82. The van der Waals surface area contributed by atoms with Crippen LogP contribution in [0.3, 0.4) is 0 Å². The van der Waals surface area contributed by atoms with Gasteiger partial charge in [-0.05, 0) is 12.8 Å². The quantitative estimate of drug-likeness (QED) is 0.567. The lowest BCUT2D eigenvalue weighted by Gasteiger charge is -2.24. The van der Waals surface area contributed by atoms with Gasteiger partial charge >= 0.3 is 0 Å². The predicted molar refractivity (Wildman–Crippen MR) is 75.2 cm³/mol. The van der Waals surface area contributed by atoms with Crippen LogP contribution in [0.25, 0.3) is 0 Å². The van der Waals surface area contributed by atoms with E-state index in [1.807, 2.05) is 7.05 Å². The second-order valence-electron chi connectivity index (χ2n) is 4.75. The van der Waals surface area contributed by atoms with Crippen LogP contribution in [0.4, 0.5) is 0 Å². The molecular formula is C13H23N3OS. The number of hydrogen-bond donors (Lipinski definition) is 1. The lowest BCUT2D eigenvalue weighted by atomic mass is 9.95. The lowest BCUT2D eigenvalue weighted by molar-refractivity contribution is -0.128. The summed E-state index contributed by atoms with van der Waals surface area (Å²) in [6, 6.07) is 2.63. The van der Waals surface area contributed by atoms with E-state index >= 15 is 0 Å². The molecule has 0 atom stereocenters. The van der Waals surface area contributed by atoms with Gasteiger partial charge in [-0.1, -0.05) is 19.3 Å². The number of carbonyl (C=O) groups is 1. The van der Waals surface area contributed by atoms with Crippen LogP contribution >= 0.6 is 11.8 Å². The Morgan fingerprint density at radius 3 is 2.83 bits per heavy atom. The molecule has 1 rings (SSSR count). The molecule has 0 spiro atoms. The Morgan fingerprint density at radius 2 is 2.17 bits per heavy atom. The smallest absolute Gasteiger partial charge is 0.236 e. The van der Waals surface area contributed by atoms with Gasteiger partial charge in [-0.3, -0.25) is 4.79 Å². The summed E-state index contributed by atoms with van der Waals surface area (Å²) in [5.41, 5.74) is 0. The van der Waals surface area contributed by atoms with E-state index in [2.05, 4.69) is 11.4 Å². The Labute approximate surface area is 114 Å². The molecule has 1 fully saturated rings. The largest absolute Gasteiger partial charge is 0.335 e. The van der Waals surface area contributed by atoms with Crippen molar-refractivity contribution in [1.29, 1.82) is 5.26 Å². The second kappa shape index (κ2) is 9.23. The number of rotatable bonds is 7. The fraction of sp³-hybridized carbons (Fsp3) is 0.846. The van der Waals surface area contributed by atoms with Crippen LogP contribution in [0.5, 0.6) is 0 Å². The number of nitriles is 1. The molecule has 18 heavy (non-hydrogen) atoms. The Bertz CT molecular complexity index is 284. The van der Waals surface area contributed by atoms with E-state index in [1.54, 1.807) is 16.7 Å². The van der Waals surface area contributed by atoms with E-state index in [1.165, 1.54) is 32.1 Å². The average molecular weight is 269 g/mol. The molecule has 1 aliphatic rings. The van der Waals surface area contributed by atoms with Crippen molar-refractivity contribution < 1.29 is 4.79 Å². The summed E-state index contributed by atoms with van der Waals surface area (Å²) in [5.74, 6) is 1.61. The van der Waals surface area contributed by atoms with Gasteiger partial charge in [0.05, 0.1) is 18.5 Å². The van der Waals surface area contributed by atoms with Gasteiger partial charge in [0.15, 0.2) is 0 Å². The monoisotopic (exact) mass is 269 g/mol. The average Bonchev–Trinajstić information content (AvgIpc) is 2.42. The normalized spacial score (nSPS) is 16.2. The molecule has 1 aliphatic carbocycles. The summed E-state index contributed by atoms with van der Waals surface area (Å²) in [5, 5.41) is 11.8. The molecule has 0 aromatic heterocycles. The molecular weight excluding hydrogens is 246 g/mol. The summed E-state index contributed by atoms with van der Waals surface area (Å²) in [6.07, 6.45) is 6.85. The van der Waals surface area contributed by atoms with E-state index in [0.29, 0.717) is 24.9 Å². The number of nitrogens with zero attached hydrogens (tertiary/aromatic N) is 2. The Hall–Kier alpha value is -0.730. The fourth-order valence-electron chi connectivity index (χ4n) is 2.06. The van der Waals surface area contributed by atoms with E-state index in [-0.39, 0.29) is 5.91 Å². The summed E-state index contributed by atoms with van der Waals surface area (Å²) in [4.78, 5) is 13.6. The van der Waals surface area contributed by atoms with Crippen LogP contribution in [0.2, 0.25) is 0 Å². The van der Waals surface area contributed by atoms with E-state index in [0.717, 1.165) is 5.75 Å². The molecule has 102 valence electrons. The number of likely N-dealkylation sites (N-methyl/N-ethyl adjacent to an activating group) is 1. The van der Waals surface area contributed by atoms with Crippen molar-refractivity contribution in [2.75, 3.05) is 25.2 Å². The third-order valence-electron chi connectivity index (χ3n) is 3.22. The van der Waals surface area contributed by atoms with E-state index < -0.39 is 0 Å². The molecule has 4 nitrogen and oxygen atoms in total. The molecule has 0 unspecified atom stereocenters. The van der Waals surface area contributed by atoms with Crippen LogP contribution < -0.4 is 5.32 Å². The lowest BCUT2D eigenvalue weighted by Crippen LogP contribution is -2.40. The molecule has 0 aromatic carbocycles. The first-order valence-electron chi connectivity index (χ1n) is 6.66. The van der Waals surface area contributed by atoms with Gasteiger partial charge in [0.2, 0.25) is 5.91 Å². The van der Waals surface area contributed by atoms with Gasteiger partial charge in [-0.2, -0.15) is 5.26 Å². The molecule has 1 saturated carbocycles. The minimum absolute atomic E-state index is 0.144. The molecule has 0 bridgehead atoms. The Balaban J connectivity index is 2.09. The molecule has 1 N–H and O–H groups in total. The zero-order valence-corrected chi connectivity index (χ0v) is 12.0. The number of hydrogen-bond acceptors (Lipinski definition) is 4. The highest BCUT2D eigenvalue weighted by Gasteiger charge is 2.15. The first-order valence-corrected chi connectivity index (χ1v) is 7.81. The van der Waals surface area contributed by atoms with Crippen LogP contribution in [0.1, 0.15) is 38.5 Å². The van der Waals surface area contributed by atoms with Crippen molar-refractivity contribution in [2.24, 2.45) is 0 Å². The van der Waals surface area contributed by atoms with Crippen LogP contribution in [-0.4, -0.2) is 42.1 Å². The van der Waals surface area contributed by atoms with Crippen molar-refractivity contribution in [1.82, 2.24) is 10.2 Å². The van der Waals surface area contributed by atoms with Gasteiger partial charge in [0.1, 0.15) is 0 Å². The minimum Gasteiger partial charge on any atom is -0.335 e. The standard InChI is InChI=1S/C13H23N3OS/c1-16(11-18-9-5-8-14)13(17)10-15-12-6-3-2-4-7-12/h12,15H,2-7,9-11H2,1H3. The maximum atomic E-state index is 11.8. The molecule has 5 heteroatoms. The fourth-order valence-corrected chi connectivity index (χ4v) is 2.85. The number of nitrogens with one attached hydrogen (secondary N) is 1. The summed E-state index contributed by atoms with van der Waals surface area (Å²) >= 11 is 1.63. The summed E-state index contributed by atoms with van der Waals surface area (Å²) in [6.45, 7) is 0.444. The van der Waals surface area contributed by atoms with Crippen LogP contribution in [-0.2, 0) is 4.79 Å². The van der Waals surface area contributed by atoms with Crippen molar-refractivity contribution >= 4 is 17.7 Å². The molecule has 0 aromatic rings. The highest BCUT2D eigenvalue weighted by atomic mass is 32.2. The first-order chi connectivity index (χ1) is 8.74. The SMILES string of the molecule is CN(CSCCC#N)C(=O)CNC1CCCCC1. The van der Waals surface area contributed by atoms with E-state index in [4.69, 9.17) is 5.26 Å². The van der Waals surface area contributed by atoms with Crippen molar-refractivity contribution in [2.45, 2.75) is 44.6 Å². The Kier molecular flexibility index (Phi) is 7.86. The maximum Gasteiger partial charge on any atom is 0.236 e. The van der Waals surface area contributed by atoms with Gasteiger partial charge < -0.3 is 10.2 Å². The second-order valence-corrected chi connectivity index (χ2v) is 5.83. The Morgan fingerprint density at radius 1 is 1.44 bits per heavy atom. The highest BCUT2D eigenvalue weighted by molar-refractivity contribution is 7.99. The van der Waals surface area contributed by atoms with Crippen LogP contribution in [0.15, 0.2) is 0 Å². The van der Waals surface area contributed by atoms with Crippen molar-refractivity contribution in [3.8, 4) is 6.07 Å². The minimum atomic E-state index is 0.144. The highest BCUT2D eigenvalue weighted by Crippen LogP contribution is 2.17. The maximum absolute atomic E-state index is 11.8. The predicted octanol–water partition coefficient (Wildman–Crippen LogP) is 1.97. The third kappa shape index (κ3) is 6.27. The topological polar surface area (TPSA) is 56.1 Å². The zero-order chi connectivity index (χ0) is 13.2. The molecule has 0 heterocycles. The van der Waals surface area contributed by atoms with E-state index in [9.17, 15) is 4.79 Å². The number of carbonyl (C=O) groups excluding carboxylic acids is 1. The number of amides is 1. The molecule has 0 radical (unpaired) electrons.